The van der Waals surface area contributed by atoms with E-state index in [-0.39, 0.29) is 25.0 Å². The van der Waals surface area contributed by atoms with Crippen molar-refractivity contribution in [1.29, 1.82) is 0 Å². The molecule has 1 atom stereocenters. The third-order valence-corrected chi connectivity index (χ3v) is 6.32. The molecule has 36 heavy (non-hydrogen) atoms. The van der Waals surface area contributed by atoms with E-state index < -0.39 is 6.04 Å². The van der Waals surface area contributed by atoms with Crippen LogP contribution in [0.15, 0.2) is 72.8 Å². The van der Waals surface area contributed by atoms with Crippen molar-refractivity contribution in [2.75, 3.05) is 20.3 Å². The van der Waals surface area contributed by atoms with Crippen LogP contribution in [0.25, 0.3) is 0 Å². The summed E-state index contributed by atoms with van der Waals surface area (Å²) >= 11 is 12.3. The Hall–Kier alpha value is -3.22. The van der Waals surface area contributed by atoms with Crippen molar-refractivity contribution in [3.63, 3.8) is 0 Å². The molecule has 0 heterocycles. The van der Waals surface area contributed by atoms with Gasteiger partial charge in [0.05, 0.1) is 17.2 Å². The largest absolute Gasteiger partial charge is 0.497 e. The molecule has 0 saturated heterocycles. The van der Waals surface area contributed by atoms with Gasteiger partial charge in [-0.15, -0.1) is 0 Å². The molecule has 0 aromatic heterocycles. The Bertz CT molecular complexity index is 1140. The van der Waals surface area contributed by atoms with Crippen LogP contribution >= 0.6 is 23.2 Å². The number of ether oxygens (including phenoxy) is 2. The lowest BCUT2D eigenvalue weighted by molar-refractivity contribution is -0.142. The lowest BCUT2D eigenvalue weighted by Crippen LogP contribution is -2.51. The number of hydrogen-bond donors (Lipinski definition) is 1. The van der Waals surface area contributed by atoms with Crippen LogP contribution in [0.2, 0.25) is 10.0 Å². The zero-order valence-corrected chi connectivity index (χ0v) is 21.9. The van der Waals surface area contributed by atoms with Crippen molar-refractivity contribution in [3.05, 3.63) is 94.0 Å². The molecule has 1 N–H and O–H groups in total. The molecule has 0 spiro atoms. The first-order valence-electron chi connectivity index (χ1n) is 11.7. The number of halogens is 2. The van der Waals surface area contributed by atoms with Crippen molar-refractivity contribution in [3.8, 4) is 11.5 Å². The number of rotatable bonds is 12. The summed E-state index contributed by atoms with van der Waals surface area (Å²) in [5.41, 5.74) is 1.70. The predicted molar refractivity (Wildman–Crippen MR) is 143 cm³/mol. The van der Waals surface area contributed by atoms with Crippen molar-refractivity contribution in [2.45, 2.75) is 32.4 Å². The third kappa shape index (κ3) is 7.90. The minimum absolute atomic E-state index is 0.165. The van der Waals surface area contributed by atoms with Crippen molar-refractivity contribution in [1.82, 2.24) is 10.2 Å². The molecule has 3 aromatic rings. The number of carbonyl (C=O) groups excluding carboxylic acids is 2. The highest BCUT2D eigenvalue weighted by atomic mass is 35.5. The summed E-state index contributed by atoms with van der Waals surface area (Å²) < 4.78 is 10.9. The van der Waals surface area contributed by atoms with Gasteiger partial charge in [0.2, 0.25) is 5.91 Å². The van der Waals surface area contributed by atoms with Crippen LogP contribution in [0.1, 0.15) is 24.5 Å². The highest BCUT2D eigenvalue weighted by Gasteiger charge is 2.30. The van der Waals surface area contributed by atoms with Crippen molar-refractivity contribution >= 4 is 35.0 Å². The molecule has 0 saturated carbocycles. The van der Waals surface area contributed by atoms with Gasteiger partial charge in [-0.05, 0) is 53.9 Å². The van der Waals surface area contributed by atoms with E-state index in [0.29, 0.717) is 34.5 Å². The van der Waals surface area contributed by atoms with E-state index >= 15 is 0 Å². The van der Waals surface area contributed by atoms with Gasteiger partial charge in [-0.25, -0.2) is 0 Å². The smallest absolute Gasteiger partial charge is 0.261 e. The monoisotopic (exact) mass is 528 g/mol. The van der Waals surface area contributed by atoms with Gasteiger partial charge < -0.3 is 19.7 Å². The van der Waals surface area contributed by atoms with E-state index in [0.717, 1.165) is 17.5 Å². The molecular formula is C28H30Cl2N2O4. The normalized spacial score (nSPS) is 11.4. The Morgan fingerprint density at radius 3 is 2.25 bits per heavy atom. The summed E-state index contributed by atoms with van der Waals surface area (Å²) in [6, 6.07) is 21.0. The summed E-state index contributed by atoms with van der Waals surface area (Å²) in [7, 11) is 1.58. The van der Waals surface area contributed by atoms with E-state index in [2.05, 4.69) is 5.32 Å². The van der Waals surface area contributed by atoms with Crippen LogP contribution in [0.4, 0.5) is 0 Å². The zero-order valence-electron chi connectivity index (χ0n) is 20.4. The topological polar surface area (TPSA) is 67.9 Å². The maximum atomic E-state index is 13.5. The molecule has 0 fully saturated rings. The molecule has 190 valence electrons. The molecule has 0 radical (unpaired) electrons. The Morgan fingerprint density at radius 2 is 1.61 bits per heavy atom. The molecule has 3 rings (SSSR count). The van der Waals surface area contributed by atoms with E-state index in [1.807, 2.05) is 37.3 Å². The molecule has 3 aromatic carbocycles. The fraction of sp³-hybridized carbons (Fsp3) is 0.286. The molecule has 2 amide bonds. The summed E-state index contributed by atoms with van der Waals surface area (Å²) in [6.07, 6.45) is 1.14. The van der Waals surface area contributed by atoms with Crippen LogP contribution in [-0.4, -0.2) is 43.0 Å². The second-order valence-electron chi connectivity index (χ2n) is 8.23. The van der Waals surface area contributed by atoms with E-state index in [9.17, 15) is 9.59 Å². The second kappa shape index (κ2) is 13.8. The lowest BCUT2D eigenvalue weighted by Gasteiger charge is -2.31. The summed E-state index contributed by atoms with van der Waals surface area (Å²) in [5, 5.41) is 3.75. The number of methoxy groups -OCH3 is 1. The van der Waals surface area contributed by atoms with Crippen molar-refractivity contribution in [2.24, 2.45) is 0 Å². The number of benzene rings is 3. The molecule has 8 heteroatoms. The summed E-state index contributed by atoms with van der Waals surface area (Å²) in [5.74, 6) is 0.655. The van der Waals surface area contributed by atoms with E-state index in [1.165, 1.54) is 0 Å². The molecule has 0 bridgehead atoms. The SMILES string of the molecule is CCCNC(=O)[C@H](Cc1ccccc1)N(Cc1ccc(Cl)c(Cl)c1)C(=O)COc1ccc(OC)cc1. The van der Waals surface area contributed by atoms with Gasteiger partial charge >= 0.3 is 0 Å². The Morgan fingerprint density at radius 1 is 0.917 bits per heavy atom. The third-order valence-electron chi connectivity index (χ3n) is 5.58. The number of carbonyl (C=O) groups is 2. The van der Waals surface area contributed by atoms with Crippen LogP contribution in [0.3, 0.4) is 0 Å². The molecule has 0 aliphatic rings. The average molecular weight is 529 g/mol. The summed E-state index contributed by atoms with van der Waals surface area (Å²) in [6.45, 7) is 2.42. The quantitative estimate of drug-likeness (QED) is 0.334. The average Bonchev–Trinajstić information content (AvgIpc) is 2.90. The fourth-order valence-corrected chi connectivity index (χ4v) is 3.98. The standard InChI is InChI=1S/C28H30Cl2N2O4/c1-3-15-31-28(34)26(17-20-7-5-4-6-8-20)32(18-21-9-14-24(29)25(30)16-21)27(33)19-36-23-12-10-22(35-2)11-13-23/h4-14,16,26H,3,15,17-19H2,1-2H3,(H,31,34)/t26-/m0/s1. The molecule has 6 nitrogen and oxygen atoms in total. The zero-order chi connectivity index (χ0) is 25.9. The molecule has 0 aliphatic heterocycles. The minimum atomic E-state index is -0.750. The van der Waals surface area contributed by atoms with Gasteiger partial charge in [-0.3, -0.25) is 9.59 Å². The van der Waals surface area contributed by atoms with Gasteiger partial charge in [0.25, 0.3) is 5.91 Å². The maximum absolute atomic E-state index is 13.5. The van der Waals surface area contributed by atoms with Gasteiger partial charge in [-0.2, -0.15) is 0 Å². The van der Waals surface area contributed by atoms with E-state index in [1.54, 1.807) is 54.5 Å². The molecule has 0 aliphatic carbocycles. The fourth-order valence-electron chi connectivity index (χ4n) is 3.65. The predicted octanol–water partition coefficient (Wildman–Crippen LogP) is 5.55. The van der Waals surface area contributed by atoms with Gasteiger partial charge in [0.1, 0.15) is 17.5 Å². The van der Waals surface area contributed by atoms with Crippen LogP contribution in [0, 0.1) is 0 Å². The number of amides is 2. The minimum Gasteiger partial charge on any atom is -0.497 e. The Labute approximate surface area is 222 Å². The highest BCUT2D eigenvalue weighted by Crippen LogP contribution is 2.24. The lowest BCUT2D eigenvalue weighted by atomic mass is 10.0. The van der Waals surface area contributed by atoms with Crippen molar-refractivity contribution < 1.29 is 19.1 Å². The highest BCUT2D eigenvalue weighted by molar-refractivity contribution is 6.42. The Balaban J connectivity index is 1.89. The Kier molecular flexibility index (Phi) is 10.5. The summed E-state index contributed by atoms with van der Waals surface area (Å²) in [4.78, 5) is 28.4. The van der Waals surface area contributed by atoms with Crippen LogP contribution in [-0.2, 0) is 22.6 Å². The number of hydrogen-bond acceptors (Lipinski definition) is 4. The van der Waals surface area contributed by atoms with Gasteiger partial charge in [0, 0.05) is 19.5 Å². The first-order valence-corrected chi connectivity index (χ1v) is 12.5. The molecule has 0 unspecified atom stereocenters. The number of nitrogens with one attached hydrogen (secondary N) is 1. The number of nitrogens with zero attached hydrogens (tertiary/aromatic N) is 1. The van der Waals surface area contributed by atoms with Gasteiger partial charge in [-0.1, -0.05) is 66.5 Å². The van der Waals surface area contributed by atoms with E-state index in [4.69, 9.17) is 32.7 Å². The maximum Gasteiger partial charge on any atom is 0.261 e. The van der Waals surface area contributed by atoms with Gasteiger partial charge in [0.15, 0.2) is 6.61 Å². The van der Waals surface area contributed by atoms with Crippen LogP contribution in [0.5, 0.6) is 11.5 Å². The first kappa shape index (κ1) is 27.4. The molecular weight excluding hydrogens is 499 g/mol. The first-order chi connectivity index (χ1) is 17.4. The second-order valence-corrected chi connectivity index (χ2v) is 9.05. The van der Waals surface area contributed by atoms with Crippen LogP contribution < -0.4 is 14.8 Å².